The van der Waals surface area contributed by atoms with Gasteiger partial charge >= 0.3 is 5.97 Å². The Bertz CT molecular complexity index is 297. The first-order valence-corrected chi connectivity index (χ1v) is 4.09. The number of nitrogens with one attached hydrogen (secondary N) is 1. The molecule has 0 spiro atoms. The molecular weight excluding hydrogens is 172 g/mol. The highest BCUT2D eigenvalue weighted by atomic mass is 16.4. The van der Waals surface area contributed by atoms with Crippen LogP contribution in [0.2, 0.25) is 0 Å². The summed E-state index contributed by atoms with van der Waals surface area (Å²) < 4.78 is 1.69. The van der Waals surface area contributed by atoms with Crippen LogP contribution in [-0.4, -0.2) is 38.7 Å². The second-order valence-corrected chi connectivity index (χ2v) is 3.07. The van der Waals surface area contributed by atoms with Gasteiger partial charge in [0.05, 0.1) is 12.2 Å². The number of hydrogen-bond acceptors (Lipinski definition) is 4. The lowest BCUT2D eigenvalue weighted by Crippen LogP contribution is -2.29. The molecule has 1 aromatic heterocycles. The van der Waals surface area contributed by atoms with Crippen LogP contribution >= 0.6 is 0 Å². The number of hydrogen-bond donors (Lipinski definition) is 2. The van der Waals surface area contributed by atoms with Crippen LogP contribution in [0.4, 0.5) is 0 Å². The maximum atomic E-state index is 10.6. The number of aromatic nitrogens is 3. The third-order valence-corrected chi connectivity index (χ3v) is 2.22. The summed E-state index contributed by atoms with van der Waals surface area (Å²) in [4.78, 5) is 10.6. The second-order valence-electron chi connectivity index (χ2n) is 3.07. The standard InChI is InChI=1S/C7H10N4O2/c12-7(13)6-3-5(4-8-6)11-2-1-9-10-11/h1-2,5-6,8H,3-4H2,(H,12,13)/t5?,6-/m0/s1. The fourth-order valence-corrected chi connectivity index (χ4v) is 1.52. The molecule has 0 aliphatic carbocycles. The van der Waals surface area contributed by atoms with Crippen molar-refractivity contribution >= 4 is 5.97 Å². The lowest BCUT2D eigenvalue weighted by molar-refractivity contribution is -0.139. The van der Waals surface area contributed by atoms with Gasteiger partial charge in [0.15, 0.2) is 0 Å². The molecule has 2 N–H and O–H groups in total. The van der Waals surface area contributed by atoms with Crippen LogP contribution in [0.15, 0.2) is 12.4 Å². The Labute approximate surface area is 74.6 Å². The van der Waals surface area contributed by atoms with E-state index in [1.165, 1.54) is 0 Å². The third-order valence-electron chi connectivity index (χ3n) is 2.22. The van der Waals surface area contributed by atoms with E-state index in [0.717, 1.165) is 0 Å². The van der Waals surface area contributed by atoms with Gasteiger partial charge in [-0.05, 0) is 6.42 Å². The summed E-state index contributed by atoms with van der Waals surface area (Å²) in [5, 5.41) is 19.1. The molecule has 1 saturated heterocycles. The Kier molecular flexibility index (Phi) is 1.97. The van der Waals surface area contributed by atoms with Gasteiger partial charge in [0.1, 0.15) is 6.04 Å². The maximum absolute atomic E-state index is 10.6. The summed E-state index contributed by atoms with van der Waals surface area (Å²) in [5.41, 5.74) is 0. The fraction of sp³-hybridized carbons (Fsp3) is 0.571. The second kappa shape index (κ2) is 3.14. The quantitative estimate of drug-likeness (QED) is 0.630. The molecule has 6 heteroatoms. The first kappa shape index (κ1) is 8.18. The largest absolute Gasteiger partial charge is 0.480 e. The van der Waals surface area contributed by atoms with Gasteiger partial charge < -0.3 is 10.4 Å². The van der Waals surface area contributed by atoms with Crippen LogP contribution in [0.5, 0.6) is 0 Å². The van der Waals surface area contributed by atoms with Gasteiger partial charge in [0, 0.05) is 12.7 Å². The number of rotatable bonds is 2. The minimum Gasteiger partial charge on any atom is -0.480 e. The van der Waals surface area contributed by atoms with E-state index < -0.39 is 12.0 Å². The van der Waals surface area contributed by atoms with E-state index in [0.29, 0.717) is 13.0 Å². The molecule has 0 radical (unpaired) electrons. The molecule has 2 heterocycles. The lowest BCUT2D eigenvalue weighted by Gasteiger charge is -2.06. The highest BCUT2D eigenvalue weighted by molar-refractivity contribution is 5.73. The molecule has 13 heavy (non-hydrogen) atoms. The molecule has 2 atom stereocenters. The van der Waals surface area contributed by atoms with Crippen LogP contribution in [0.3, 0.4) is 0 Å². The van der Waals surface area contributed by atoms with Crippen molar-refractivity contribution in [2.24, 2.45) is 0 Å². The molecule has 2 rings (SSSR count). The number of carboxylic acids is 1. The van der Waals surface area contributed by atoms with E-state index in [2.05, 4.69) is 15.6 Å². The number of aliphatic carboxylic acids is 1. The Balaban J connectivity index is 2.03. The summed E-state index contributed by atoms with van der Waals surface area (Å²) >= 11 is 0. The van der Waals surface area contributed by atoms with Crippen molar-refractivity contribution in [1.29, 1.82) is 0 Å². The minimum absolute atomic E-state index is 0.114. The monoisotopic (exact) mass is 182 g/mol. The smallest absolute Gasteiger partial charge is 0.320 e. The Morgan fingerprint density at radius 3 is 3.08 bits per heavy atom. The normalized spacial score (nSPS) is 27.7. The van der Waals surface area contributed by atoms with E-state index in [9.17, 15) is 4.79 Å². The van der Waals surface area contributed by atoms with Gasteiger partial charge in [0.25, 0.3) is 0 Å². The Morgan fingerprint density at radius 1 is 1.69 bits per heavy atom. The van der Waals surface area contributed by atoms with Crippen molar-refractivity contribution in [2.75, 3.05) is 6.54 Å². The summed E-state index contributed by atoms with van der Waals surface area (Å²) in [6, 6.07) is -0.335. The van der Waals surface area contributed by atoms with Gasteiger partial charge in [-0.2, -0.15) is 0 Å². The number of carboxylic acid groups (broad SMARTS) is 1. The SMILES string of the molecule is O=C(O)[C@@H]1CC(n2ccnn2)CN1. The highest BCUT2D eigenvalue weighted by Crippen LogP contribution is 2.17. The van der Waals surface area contributed by atoms with E-state index in [-0.39, 0.29) is 6.04 Å². The highest BCUT2D eigenvalue weighted by Gasteiger charge is 2.30. The van der Waals surface area contributed by atoms with Gasteiger partial charge in [-0.1, -0.05) is 5.21 Å². The molecule has 1 unspecified atom stereocenters. The molecule has 1 aromatic rings. The topological polar surface area (TPSA) is 80.0 Å². The molecule has 0 saturated carbocycles. The summed E-state index contributed by atoms with van der Waals surface area (Å²) in [7, 11) is 0. The zero-order valence-corrected chi connectivity index (χ0v) is 6.92. The van der Waals surface area contributed by atoms with Crippen LogP contribution in [0, 0.1) is 0 Å². The van der Waals surface area contributed by atoms with E-state index in [4.69, 9.17) is 5.11 Å². The van der Waals surface area contributed by atoms with Crippen LogP contribution in [-0.2, 0) is 4.79 Å². The zero-order valence-electron chi connectivity index (χ0n) is 6.92. The predicted octanol–water partition coefficient (Wildman–Crippen LogP) is -0.734. The van der Waals surface area contributed by atoms with E-state index >= 15 is 0 Å². The molecule has 0 amide bonds. The van der Waals surface area contributed by atoms with Crippen molar-refractivity contribution in [3.63, 3.8) is 0 Å². The maximum Gasteiger partial charge on any atom is 0.320 e. The molecule has 0 bridgehead atoms. The Morgan fingerprint density at radius 2 is 2.54 bits per heavy atom. The molecule has 1 fully saturated rings. The predicted molar refractivity (Wildman–Crippen MR) is 43.1 cm³/mol. The molecule has 0 aromatic carbocycles. The van der Waals surface area contributed by atoms with Crippen molar-refractivity contribution in [3.8, 4) is 0 Å². The first-order chi connectivity index (χ1) is 6.27. The molecule has 1 aliphatic heterocycles. The minimum atomic E-state index is -0.803. The van der Waals surface area contributed by atoms with Crippen LogP contribution in [0.1, 0.15) is 12.5 Å². The third kappa shape index (κ3) is 1.52. The zero-order chi connectivity index (χ0) is 9.26. The number of carbonyl (C=O) groups is 1. The fourth-order valence-electron chi connectivity index (χ4n) is 1.52. The van der Waals surface area contributed by atoms with Crippen molar-refractivity contribution in [1.82, 2.24) is 20.3 Å². The van der Waals surface area contributed by atoms with Crippen LogP contribution < -0.4 is 5.32 Å². The Hall–Kier alpha value is -1.43. The lowest BCUT2D eigenvalue weighted by atomic mass is 10.2. The van der Waals surface area contributed by atoms with Crippen LogP contribution in [0.25, 0.3) is 0 Å². The summed E-state index contributed by atoms with van der Waals surface area (Å²) in [5.74, 6) is -0.803. The van der Waals surface area contributed by atoms with Crippen molar-refractivity contribution in [2.45, 2.75) is 18.5 Å². The number of nitrogens with zero attached hydrogens (tertiary/aromatic N) is 3. The summed E-state index contributed by atoms with van der Waals surface area (Å²) in [6.07, 6.45) is 3.91. The molecular formula is C7H10N4O2. The molecule has 70 valence electrons. The van der Waals surface area contributed by atoms with Gasteiger partial charge in [0.2, 0.25) is 0 Å². The van der Waals surface area contributed by atoms with Crippen molar-refractivity contribution in [3.05, 3.63) is 12.4 Å². The summed E-state index contributed by atoms with van der Waals surface area (Å²) in [6.45, 7) is 0.639. The van der Waals surface area contributed by atoms with Gasteiger partial charge in [-0.3, -0.25) is 4.79 Å². The van der Waals surface area contributed by atoms with Gasteiger partial charge in [-0.25, -0.2) is 4.68 Å². The average Bonchev–Trinajstić information content (AvgIpc) is 2.75. The molecule has 1 aliphatic rings. The van der Waals surface area contributed by atoms with E-state index in [1.54, 1.807) is 17.1 Å². The van der Waals surface area contributed by atoms with Crippen molar-refractivity contribution < 1.29 is 9.90 Å². The van der Waals surface area contributed by atoms with E-state index in [1.807, 2.05) is 0 Å². The van der Waals surface area contributed by atoms with Gasteiger partial charge in [-0.15, -0.1) is 5.10 Å². The average molecular weight is 182 g/mol. The molecule has 6 nitrogen and oxygen atoms in total. The first-order valence-electron chi connectivity index (χ1n) is 4.09.